The number of carboxylic acid groups (broad SMARTS) is 1. The smallest absolute Gasteiger partial charge is 0.325 e. The van der Waals surface area contributed by atoms with E-state index in [-0.39, 0.29) is 5.91 Å². The van der Waals surface area contributed by atoms with Crippen molar-refractivity contribution in [2.45, 2.75) is 77.4 Å². The number of carbonyl (C=O) groups is 3. The molecule has 0 aromatic heterocycles. The van der Waals surface area contributed by atoms with E-state index in [9.17, 15) is 14.4 Å². The van der Waals surface area contributed by atoms with E-state index in [2.05, 4.69) is 10.2 Å². The van der Waals surface area contributed by atoms with Crippen molar-refractivity contribution >= 4 is 23.5 Å². The van der Waals surface area contributed by atoms with Crippen molar-refractivity contribution in [1.82, 2.24) is 10.2 Å². The van der Waals surface area contributed by atoms with Gasteiger partial charge in [-0.1, -0.05) is 19.3 Å². The number of anilines is 1. The van der Waals surface area contributed by atoms with E-state index in [0.717, 1.165) is 63.1 Å². The van der Waals surface area contributed by atoms with Crippen LogP contribution in [0.3, 0.4) is 0 Å². The molecule has 1 atom stereocenters. The van der Waals surface area contributed by atoms with Crippen LogP contribution in [0, 0.1) is 0 Å². The van der Waals surface area contributed by atoms with Crippen LogP contribution < -0.4 is 10.2 Å². The van der Waals surface area contributed by atoms with E-state index >= 15 is 0 Å². The van der Waals surface area contributed by atoms with Crippen molar-refractivity contribution in [3.63, 3.8) is 0 Å². The van der Waals surface area contributed by atoms with E-state index in [1.807, 2.05) is 17.0 Å². The summed E-state index contributed by atoms with van der Waals surface area (Å²) >= 11 is 0. The van der Waals surface area contributed by atoms with Crippen molar-refractivity contribution in [3.8, 4) is 0 Å². The van der Waals surface area contributed by atoms with Crippen LogP contribution in [0.5, 0.6) is 0 Å². The first kappa shape index (κ1) is 25.2. The minimum atomic E-state index is -1.08. The number of carboxylic acids is 1. The molecule has 0 bridgehead atoms. The number of hydrogen-bond donors (Lipinski definition) is 2. The zero-order chi connectivity index (χ0) is 23.8. The Bertz CT molecular complexity index is 837. The highest BCUT2D eigenvalue weighted by Crippen LogP contribution is 2.28. The third-order valence-electron chi connectivity index (χ3n) is 6.64. The fourth-order valence-corrected chi connectivity index (χ4v) is 4.68. The van der Waals surface area contributed by atoms with Gasteiger partial charge in [0.1, 0.15) is 6.04 Å². The van der Waals surface area contributed by atoms with Gasteiger partial charge in [-0.2, -0.15) is 0 Å². The molecule has 2 aliphatic heterocycles. The molecule has 2 amide bonds. The van der Waals surface area contributed by atoms with Gasteiger partial charge in [0.25, 0.3) is 5.91 Å². The highest BCUT2D eigenvalue weighted by Gasteiger charge is 2.25. The first-order chi connectivity index (χ1) is 15.9. The average molecular weight is 460 g/mol. The Balaban J connectivity index is 1.96. The second-order valence-corrected chi connectivity index (χ2v) is 9.13. The maximum atomic E-state index is 12.7. The highest BCUT2D eigenvalue weighted by molar-refractivity contribution is 5.98. The topological polar surface area (TPSA) is 99.2 Å². The quantitative estimate of drug-likeness (QED) is 0.718. The van der Waals surface area contributed by atoms with Crippen molar-refractivity contribution in [1.29, 1.82) is 0 Å². The number of rotatable bonds is 4. The molecule has 2 heterocycles. The molecule has 182 valence electrons. The van der Waals surface area contributed by atoms with Crippen LogP contribution in [0.25, 0.3) is 0 Å². The monoisotopic (exact) mass is 459 g/mol. The average Bonchev–Trinajstić information content (AvgIpc) is 2.79. The third-order valence-corrected chi connectivity index (χ3v) is 6.64. The summed E-state index contributed by atoms with van der Waals surface area (Å²) in [5.41, 5.74) is 2.17. The number of carbonyl (C=O) groups excluding carboxylic acids is 2. The predicted molar refractivity (Wildman–Crippen MR) is 126 cm³/mol. The van der Waals surface area contributed by atoms with Gasteiger partial charge in [0.05, 0.1) is 0 Å². The van der Waals surface area contributed by atoms with Crippen molar-refractivity contribution in [2.75, 3.05) is 31.2 Å². The molecule has 1 aromatic rings. The highest BCUT2D eigenvalue weighted by atomic mass is 16.5. The van der Waals surface area contributed by atoms with Crippen LogP contribution in [-0.2, 0) is 20.9 Å². The van der Waals surface area contributed by atoms with Crippen LogP contribution in [-0.4, -0.2) is 66.2 Å². The number of nitrogens with one attached hydrogen (secondary N) is 1. The van der Waals surface area contributed by atoms with Gasteiger partial charge in [-0.15, -0.1) is 0 Å². The van der Waals surface area contributed by atoms with Gasteiger partial charge in [-0.25, -0.2) is 0 Å². The van der Waals surface area contributed by atoms with Crippen LogP contribution in [0.15, 0.2) is 18.2 Å². The maximum absolute atomic E-state index is 12.7. The molecular formula is C25H37N3O5. The lowest BCUT2D eigenvalue weighted by Crippen LogP contribution is -2.41. The number of benzene rings is 1. The van der Waals surface area contributed by atoms with Gasteiger partial charge in [0, 0.05) is 50.5 Å². The lowest BCUT2D eigenvalue weighted by Gasteiger charge is -2.36. The summed E-state index contributed by atoms with van der Waals surface area (Å²) in [5, 5.41) is 11.7. The molecule has 1 aromatic carbocycles. The molecule has 1 fully saturated rings. The summed E-state index contributed by atoms with van der Waals surface area (Å²) in [6.07, 6.45) is 7.44. The predicted octanol–water partition coefficient (Wildman–Crippen LogP) is 3.19. The lowest BCUT2D eigenvalue weighted by molar-refractivity contribution is -0.138. The molecule has 0 unspecified atom stereocenters. The van der Waals surface area contributed by atoms with E-state index in [0.29, 0.717) is 24.7 Å². The Kier molecular flexibility index (Phi) is 9.26. The molecular weight excluding hydrogens is 422 g/mol. The second kappa shape index (κ2) is 12.1. The SMILES string of the molecule is CC(=O)N1CCCCCCCN(C2CCOCC2)Cc2cc(C(=O)N[C@@H](C)C(=O)O)ccc21. The number of ether oxygens (including phenoxy) is 1. The molecule has 1 saturated heterocycles. The van der Waals surface area contributed by atoms with E-state index in [1.165, 1.54) is 19.8 Å². The normalized spacial score (nSPS) is 20.1. The van der Waals surface area contributed by atoms with Crippen LogP contribution in [0.1, 0.15) is 74.7 Å². The molecule has 8 nitrogen and oxygen atoms in total. The van der Waals surface area contributed by atoms with Crippen LogP contribution in [0.2, 0.25) is 0 Å². The van der Waals surface area contributed by atoms with Gasteiger partial charge in [0.2, 0.25) is 5.91 Å². The molecule has 0 spiro atoms. The van der Waals surface area contributed by atoms with E-state index in [4.69, 9.17) is 9.84 Å². The summed E-state index contributed by atoms with van der Waals surface area (Å²) < 4.78 is 5.57. The largest absolute Gasteiger partial charge is 0.480 e. The summed E-state index contributed by atoms with van der Waals surface area (Å²) in [4.78, 5) is 40.8. The van der Waals surface area contributed by atoms with Crippen LogP contribution >= 0.6 is 0 Å². The zero-order valence-corrected chi connectivity index (χ0v) is 19.8. The first-order valence-corrected chi connectivity index (χ1v) is 12.1. The minimum Gasteiger partial charge on any atom is -0.480 e. The summed E-state index contributed by atoms with van der Waals surface area (Å²) in [7, 11) is 0. The Hall–Kier alpha value is -2.45. The molecule has 8 heteroatoms. The zero-order valence-electron chi connectivity index (χ0n) is 19.8. The summed E-state index contributed by atoms with van der Waals surface area (Å²) in [5.74, 6) is -1.52. The molecule has 0 radical (unpaired) electrons. The lowest BCUT2D eigenvalue weighted by atomic mass is 10.0. The molecule has 0 aliphatic carbocycles. The van der Waals surface area contributed by atoms with E-state index < -0.39 is 17.9 Å². The molecule has 2 N–H and O–H groups in total. The second-order valence-electron chi connectivity index (χ2n) is 9.13. The number of fused-ring (bicyclic) bond motifs is 1. The number of aliphatic carboxylic acids is 1. The van der Waals surface area contributed by atoms with Gasteiger partial charge in [0.15, 0.2) is 0 Å². The van der Waals surface area contributed by atoms with Gasteiger partial charge in [-0.05, 0) is 62.9 Å². The van der Waals surface area contributed by atoms with Crippen LogP contribution in [0.4, 0.5) is 5.69 Å². The van der Waals surface area contributed by atoms with E-state index in [1.54, 1.807) is 13.0 Å². The number of amides is 2. The fraction of sp³-hybridized carbons (Fsp3) is 0.640. The Morgan fingerprint density at radius 2 is 1.73 bits per heavy atom. The Morgan fingerprint density at radius 1 is 1.06 bits per heavy atom. The standard InChI is InChI=1S/C25H37N3O5/c1-18(25(31)32)26-24(30)20-8-9-23-21(16-20)17-27(22-10-14-33-15-11-22)12-6-4-3-5-7-13-28(23)19(2)29/h8-9,16,18,22H,3-7,10-15,17H2,1-2H3,(H,26,30)(H,31,32)/t18-/m0/s1. The van der Waals surface area contributed by atoms with Crippen molar-refractivity contribution < 1.29 is 24.2 Å². The third kappa shape index (κ3) is 7.01. The molecule has 33 heavy (non-hydrogen) atoms. The van der Waals surface area contributed by atoms with Crippen molar-refractivity contribution in [3.05, 3.63) is 29.3 Å². The maximum Gasteiger partial charge on any atom is 0.325 e. The number of hydrogen-bond acceptors (Lipinski definition) is 5. The Morgan fingerprint density at radius 3 is 2.39 bits per heavy atom. The summed E-state index contributed by atoms with van der Waals surface area (Å²) in [6, 6.07) is 4.78. The molecule has 3 rings (SSSR count). The first-order valence-electron chi connectivity index (χ1n) is 12.1. The number of nitrogens with zero attached hydrogens (tertiary/aromatic N) is 2. The minimum absolute atomic E-state index is 0.0115. The molecule has 2 aliphatic rings. The van der Waals surface area contributed by atoms with Gasteiger partial charge < -0.3 is 20.1 Å². The fourth-order valence-electron chi connectivity index (χ4n) is 4.68. The summed E-state index contributed by atoms with van der Waals surface area (Å²) in [6.45, 7) is 6.79. The van der Waals surface area contributed by atoms with Gasteiger partial charge >= 0.3 is 5.97 Å². The van der Waals surface area contributed by atoms with Gasteiger partial charge in [-0.3, -0.25) is 19.3 Å². The Labute approximate surface area is 196 Å². The van der Waals surface area contributed by atoms with Crippen molar-refractivity contribution in [2.24, 2.45) is 0 Å². The molecule has 0 saturated carbocycles.